The van der Waals surface area contributed by atoms with E-state index in [1.165, 1.54) is 0 Å². The van der Waals surface area contributed by atoms with Crippen LogP contribution < -0.4 is 10.1 Å². The molecule has 1 aromatic rings. The van der Waals surface area contributed by atoms with Crippen LogP contribution in [0, 0.1) is 0 Å². The van der Waals surface area contributed by atoms with E-state index in [1.807, 2.05) is 6.92 Å². The Morgan fingerprint density at radius 2 is 1.90 bits per heavy atom. The molecular formula is C14H19ClF3NO. The van der Waals surface area contributed by atoms with Crippen molar-refractivity contribution in [3.63, 3.8) is 0 Å². The summed E-state index contributed by atoms with van der Waals surface area (Å²) in [4.78, 5) is 0. The zero-order valence-electron chi connectivity index (χ0n) is 11.3. The van der Waals surface area contributed by atoms with Crippen LogP contribution >= 0.6 is 11.6 Å². The quantitative estimate of drug-likeness (QED) is 0.767. The van der Waals surface area contributed by atoms with Gasteiger partial charge in [-0.05, 0) is 43.7 Å². The lowest BCUT2D eigenvalue weighted by molar-refractivity contribution is -0.135. The molecule has 0 aliphatic heterocycles. The van der Waals surface area contributed by atoms with Gasteiger partial charge in [-0.25, -0.2) is 0 Å². The van der Waals surface area contributed by atoms with Gasteiger partial charge in [0, 0.05) is 17.5 Å². The van der Waals surface area contributed by atoms with Gasteiger partial charge < -0.3 is 10.1 Å². The third kappa shape index (κ3) is 7.60. The molecule has 1 N–H and O–H groups in total. The van der Waals surface area contributed by atoms with Crippen molar-refractivity contribution in [1.82, 2.24) is 5.32 Å². The van der Waals surface area contributed by atoms with Crippen LogP contribution in [0.3, 0.4) is 0 Å². The highest BCUT2D eigenvalue weighted by atomic mass is 35.5. The van der Waals surface area contributed by atoms with E-state index in [1.54, 1.807) is 24.3 Å². The Morgan fingerprint density at radius 1 is 1.25 bits per heavy atom. The number of hydrogen-bond donors (Lipinski definition) is 1. The van der Waals surface area contributed by atoms with E-state index in [-0.39, 0.29) is 12.5 Å². The summed E-state index contributed by atoms with van der Waals surface area (Å²) in [5.74, 6) is 0.660. The van der Waals surface area contributed by atoms with Gasteiger partial charge in [-0.15, -0.1) is 0 Å². The van der Waals surface area contributed by atoms with Crippen LogP contribution in [0.2, 0.25) is 5.02 Å². The normalized spacial score (nSPS) is 13.2. The second-order valence-corrected chi connectivity index (χ2v) is 4.96. The van der Waals surface area contributed by atoms with Crippen molar-refractivity contribution in [2.75, 3.05) is 13.2 Å². The summed E-state index contributed by atoms with van der Waals surface area (Å²) in [5, 5.41) is 3.75. The zero-order chi connectivity index (χ0) is 15.0. The van der Waals surface area contributed by atoms with Gasteiger partial charge in [0.1, 0.15) is 12.4 Å². The molecule has 0 aliphatic rings. The van der Waals surface area contributed by atoms with Gasteiger partial charge in [-0.2, -0.15) is 13.2 Å². The van der Waals surface area contributed by atoms with E-state index in [0.29, 0.717) is 30.3 Å². The molecule has 0 aliphatic carbocycles. The first-order valence-corrected chi connectivity index (χ1v) is 6.97. The molecule has 1 atom stereocenters. The Kier molecular flexibility index (Phi) is 7.16. The highest BCUT2D eigenvalue weighted by Gasteiger charge is 2.26. The number of benzene rings is 1. The van der Waals surface area contributed by atoms with Gasteiger partial charge in [-0.3, -0.25) is 0 Å². The van der Waals surface area contributed by atoms with Gasteiger partial charge in [0.2, 0.25) is 0 Å². The molecule has 1 aromatic carbocycles. The van der Waals surface area contributed by atoms with Crippen molar-refractivity contribution in [3.05, 3.63) is 29.3 Å². The molecule has 1 rings (SSSR count). The molecule has 0 radical (unpaired) electrons. The average molecular weight is 310 g/mol. The smallest absolute Gasteiger partial charge is 0.389 e. The minimum atomic E-state index is -4.09. The summed E-state index contributed by atoms with van der Waals surface area (Å²) in [7, 11) is 0. The summed E-state index contributed by atoms with van der Waals surface area (Å²) in [5.41, 5.74) is 0. The fourth-order valence-electron chi connectivity index (χ4n) is 1.81. The number of hydrogen-bond acceptors (Lipinski definition) is 2. The van der Waals surface area contributed by atoms with Crippen molar-refractivity contribution in [2.45, 2.75) is 38.4 Å². The number of nitrogens with one attached hydrogen (secondary N) is 1. The first-order chi connectivity index (χ1) is 9.40. The van der Waals surface area contributed by atoms with Crippen LogP contribution in [-0.4, -0.2) is 25.4 Å². The summed E-state index contributed by atoms with van der Waals surface area (Å²) in [6, 6.07) is 6.81. The first-order valence-electron chi connectivity index (χ1n) is 6.59. The Bertz CT molecular complexity index is 381. The standard InChI is InChI=1S/C14H19ClF3NO/c1-2-19-12(4-3-9-14(16,17)18)10-20-13-7-5-11(15)6-8-13/h5-8,12,19H,2-4,9-10H2,1H3. The van der Waals surface area contributed by atoms with Crippen molar-refractivity contribution in [1.29, 1.82) is 0 Å². The van der Waals surface area contributed by atoms with Crippen LogP contribution in [-0.2, 0) is 0 Å². The van der Waals surface area contributed by atoms with Crippen LogP contribution in [0.4, 0.5) is 13.2 Å². The lowest BCUT2D eigenvalue weighted by atomic mass is 10.1. The molecule has 0 heterocycles. The van der Waals surface area contributed by atoms with Gasteiger partial charge in [0.05, 0.1) is 0 Å². The molecule has 2 nitrogen and oxygen atoms in total. The van der Waals surface area contributed by atoms with E-state index < -0.39 is 12.6 Å². The molecule has 0 saturated heterocycles. The monoisotopic (exact) mass is 309 g/mol. The molecule has 114 valence electrons. The minimum absolute atomic E-state index is 0.0852. The number of halogens is 4. The van der Waals surface area contributed by atoms with Crippen molar-refractivity contribution < 1.29 is 17.9 Å². The van der Waals surface area contributed by atoms with Gasteiger partial charge in [0.25, 0.3) is 0 Å². The Morgan fingerprint density at radius 3 is 2.45 bits per heavy atom. The molecular weight excluding hydrogens is 291 g/mol. The van der Waals surface area contributed by atoms with Crippen LogP contribution in [0.15, 0.2) is 24.3 Å². The lowest BCUT2D eigenvalue weighted by Crippen LogP contribution is -2.34. The topological polar surface area (TPSA) is 21.3 Å². The minimum Gasteiger partial charge on any atom is -0.492 e. The van der Waals surface area contributed by atoms with E-state index in [9.17, 15) is 13.2 Å². The van der Waals surface area contributed by atoms with E-state index in [2.05, 4.69) is 5.32 Å². The maximum Gasteiger partial charge on any atom is 0.389 e. The third-order valence-corrected chi connectivity index (χ3v) is 3.02. The summed E-state index contributed by atoms with van der Waals surface area (Å²) in [6.45, 7) is 2.95. The van der Waals surface area contributed by atoms with Crippen molar-refractivity contribution >= 4 is 11.6 Å². The lowest BCUT2D eigenvalue weighted by Gasteiger charge is -2.19. The largest absolute Gasteiger partial charge is 0.492 e. The Labute approximate surface area is 122 Å². The number of likely N-dealkylation sites (N-methyl/N-ethyl adjacent to an activating group) is 1. The summed E-state index contributed by atoms with van der Waals surface area (Å²) >= 11 is 5.76. The van der Waals surface area contributed by atoms with Gasteiger partial charge >= 0.3 is 6.18 Å². The highest BCUT2D eigenvalue weighted by molar-refractivity contribution is 6.30. The second-order valence-electron chi connectivity index (χ2n) is 4.53. The molecule has 0 aromatic heterocycles. The number of ether oxygens (including phenoxy) is 1. The van der Waals surface area contributed by atoms with Crippen LogP contribution in [0.5, 0.6) is 5.75 Å². The van der Waals surface area contributed by atoms with Crippen LogP contribution in [0.25, 0.3) is 0 Å². The van der Waals surface area contributed by atoms with Crippen molar-refractivity contribution in [3.8, 4) is 5.75 Å². The first kappa shape index (κ1) is 17.1. The SMILES string of the molecule is CCNC(CCCC(F)(F)F)COc1ccc(Cl)cc1. The number of alkyl halides is 3. The predicted molar refractivity (Wildman–Crippen MR) is 74.3 cm³/mol. The fourth-order valence-corrected chi connectivity index (χ4v) is 1.94. The van der Waals surface area contributed by atoms with E-state index in [4.69, 9.17) is 16.3 Å². The van der Waals surface area contributed by atoms with Gasteiger partial charge in [-0.1, -0.05) is 18.5 Å². The maximum atomic E-state index is 12.1. The Hall–Kier alpha value is -0.940. The summed E-state index contributed by atoms with van der Waals surface area (Å²) < 4.78 is 41.9. The Balaban J connectivity index is 2.36. The number of rotatable bonds is 8. The van der Waals surface area contributed by atoms with Crippen LogP contribution in [0.1, 0.15) is 26.2 Å². The predicted octanol–water partition coefficient (Wildman–Crippen LogP) is 4.43. The third-order valence-electron chi connectivity index (χ3n) is 2.77. The fraction of sp³-hybridized carbons (Fsp3) is 0.571. The van der Waals surface area contributed by atoms with E-state index >= 15 is 0 Å². The molecule has 20 heavy (non-hydrogen) atoms. The van der Waals surface area contributed by atoms with Gasteiger partial charge in [0.15, 0.2) is 0 Å². The molecule has 6 heteroatoms. The highest BCUT2D eigenvalue weighted by Crippen LogP contribution is 2.23. The molecule has 1 unspecified atom stereocenters. The zero-order valence-corrected chi connectivity index (χ0v) is 12.1. The van der Waals surface area contributed by atoms with Crippen molar-refractivity contribution in [2.24, 2.45) is 0 Å². The maximum absolute atomic E-state index is 12.1. The average Bonchev–Trinajstić information content (AvgIpc) is 2.36. The molecule has 0 spiro atoms. The molecule has 0 amide bonds. The molecule has 0 bridgehead atoms. The van der Waals surface area contributed by atoms with E-state index in [0.717, 1.165) is 0 Å². The summed E-state index contributed by atoms with van der Waals surface area (Å²) in [6.07, 6.45) is -4.31. The molecule has 0 fully saturated rings. The second kappa shape index (κ2) is 8.37. The molecule has 0 saturated carbocycles.